The zero-order valence-corrected chi connectivity index (χ0v) is 24.2. The van der Waals surface area contributed by atoms with E-state index in [1.165, 1.54) is 0 Å². The van der Waals surface area contributed by atoms with Crippen molar-refractivity contribution in [3.05, 3.63) is 164 Å². The number of rotatable bonds is 7. The highest BCUT2D eigenvalue weighted by Crippen LogP contribution is 2.50. The molecule has 208 valence electrons. The van der Waals surface area contributed by atoms with E-state index in [-0.39, 0.29) is 0 Å². The SMILES string of the molecule is OP(O)c1ccc(N(c2ccccc2)c2c3ccccc3c(N(c3ccccc3)c3ccccc3)c3ccccc23)cc1. The Hall–Kier alpha value is -4.99. The summed E-state index contributed by atoms with van der Waals surface area (Å²) in [7, 11) is -2.17. The maximum absolute atomic E-state index is 9.84. The molecule has 0 bridgehead atoms. The Morgan fingerprint density at radius 1 is 0.326 bits per heavy atom. The minimum Gasteiger partial charge on any atom is -0.347 e. The summed E-state index contributed by atoms with van der Waals surface area (Å²) in [5.41, 5.74) is 6.27. The van der Waals surface area contributed by atoms with Crippen LogP contribution in [-0.2, 0) is 0 Å². The van der Waals surface area contributed by atoms with E-state index in [2.05, 4.69) is 119 Å². The zero-order chi connectivity index (χ0) is 29.2. The van der Waals surface area contributed by atoms with Gasteiger partial charge in [0.15, 0.2) is 8.38 Å². The van der Waals surface area contributed by atoms with Gasteiger partial charge in [-0.1, -0.05) is 103 Å². The van der Waals surface area contributed by atoms with Crippen LogP contribution in [0.25, 0.3) is 21.5 Å². The van der Waals surface area contributed by atoms with Crippen LogP contribution in [0.4, 0.5) is 34.1 Å². The first-order valence-electron chi connectivity index (χ1n) is 14.2. The van der Waals surface area contributed by atoms with E-state index >= 15 is 0 Å². The lowest BCUT2D eigenvalue weighted by molar-refractivity contribution is 0.497. The van der Waals surface area contributed by atoms with E-state index in [4.69, 9.17) is 0 Å². The first kappa shape index (κ1) is 26.9. The van der Waals surface area contributed by atoms with E-state index in [1.807, 2.05) is 42.5 Å². The smallest absolute Gasteiger partial charge is 0.199 e. The molecule has 0 unspecified atom stereocenters. The van der Waals surface area contributed by atoms with Gasteiger partial charge in [-0.3, -0.25) is 0 Å². The van der Waals surface area contributed by atoms with Gasteiger partial charge in [0.05, 0.1) is 11.4 Å². The first-order valence-corrected chi connectivity index (χ1v) is 15.4. The second-order valence-electron chi connectivity index (χ2n) is 10.3. The molecule has 0 atom stereocenters. The number of hydrogen-bond acceptors (Lipinski definition) is 4. The molecule has 7 aromatic carbocycles. The van der Waals surface area contributed by atoms with Crippen LogP contribution >= 0.6 is 8.38 Å². The van der Waals surface area contributed by atoms with Crippen molar-refractivity contribution in [2.24, 2.45) is 0 Å². The Morgan fingerprint density at radius 3 is 0.907 bits per heavy atom. The van der Waals surface area contributed by atoms with Crippen molar-refractivity contribution in [3.63, 3.8) is 0 Å². The first-order chi connectivity index (χ1) is 21.2. The number of fused-ring (bicyclic) bond motifs is 2. The van der Waals surface area contributed by atoms with Crippen molar-refractivity contribution in [1.82, 2.24) is 0 Å². The average molecular weight is 577 g/mol. The van der Waals surface area contributed by atoms with Crippen molar-refractivity contribution in [2.75, 3.05) is 9.80 Å². The van der Waals surface area contributed by atoms with Gasteiger partial charge in [-0.2, -0.15) is 0 Å². The van der Waals surface area contributed by atoms with Crippen molar-refractivity contribution in [3.8, 4) is 0 Å². The van der Waals surface area contributed by atoms with E-state index in [9.17, 15) is 9.79 Å². The fourth-order valence-corrected chi connectivity index (χ4v) is 6.26. The molecule has 0 saturated carbocycles. The lowest BCUT2D eigenvalue weighted by Crippen LogP contribution is -2.15. The molecule has 0 radical (unpaired) electrons. The van der Waals surface area contributed by atoms with Gasteiger partial charge in [-0.05, 0) is 60.7 Å². The highest BCUT2D eigenvalue weighted by Gasteiger charge is 2.25. The highest BCUT2D eigenvalue weighted by molar-refractivity contribution is 7.54. The molecule has 0 amide bonds. The summed E-state index contributed by atoms with van der Waals surface area (Å²) in [6.07, 6.45) is 0. The largest absolute Gasteiger partial charge is 0.347 e. The molecule has 0 saturated heterocycles. The minimum absolute atomic E-state index is 0.512. The quantitative estimate of drug-likeness (QED) is 0.113. The third-order valence-electron chi connectivity index (χ3n) is 7.70. The molecule has 7 aromatic rings. The molecule has 0 aliphatic rings. The molecule has 43 heavy (non-hydrogen) atoms. The van der Waals surface area contributed by atoms with Crippen molar-refractivity contribution in [2.45, 2.75) is 0 Å². The van der Waals surface area contributed by atoms with Gasteiger partial charge in [-0.15, -0.1) is 0 Å². The maximum Gasteiger partial charge on any atom is 0.199 e. The average Bonchev–Trinajstić information content (AvgIpc) is 3.07. The summed E-state index contributed by atoms with van der Waals surface area (Å²) in [5, 5.41) is 4.96. The number of hydrogen-bond donors (Lipinski definition) is 2. The zero-order valence-electron chi connectivity index (χ0n) is 23.3. The van der Waals surface area contributed by atoms with Crippen molar-refractivity contribution < 1.29 is 9.79 Å². The van der Waals surface area contributed by atoms with Gasteiger partial charge in [0.1, 0.15) is 0 Å². The van der Waals surface area contributed by atoms with Crippen molar-refractivity contribution >= 4 is 69.3 Å². The van der Waals surface area contributed by atoms with Crippen LogP contribution in [0.2, 0.25) is 0 Å². The molecule has 0 heterocycles. The third-order valence-corrected chi connectivity index (χ3v) is 8.46. The number of benzene rings is 7. The van der Waals surface area contributed by atoms with Crippen LogP contribution in [0.3, 0.4) is 0 Å². The lowest BCUT2D eigenvalue weighted by atomic mass is 9.95. The Labute approximate surface area is 252 Å². The molecule has 0 aliphatic carbocycles. The second-order valence-corrected chi connectivity index (χ2v) is 11.4. The minimum atomic E-state index is -2.17. The number of anilines is 6. The fraction of sp³-hybridized carbons (Fsp3) is 0. The van der Waals surface area contributed by atoms with E-state index in [0.29, 0.717) is 5.30 Å². The summed E-state index contributed by atoms with van der Waals surface area (Å²) in [6, 6.07) is 56.0. The van der Waals surface area contributed by atoms with Gasteiger partial charge in [0.2, 0.25) is 0 Å². The highest BCUT2D eigenvalue weighted by atomic mass is 31.2. The Bertz CT molecular complexity index is 1900. The van der Waals surface area contributed by atoms with Crippen LogP contribution in [0.5, 0.6) is 0 Å². The summed E-state index contributed by atoms with van der Waals surface area (Å²) in [4.78, 5) is 24.3. The van der Waals surface area contributed by atoms with Gasteiger partial charge < -0.3 is 19.6 Å². The van der Waals surface area contributed by atoms with E-state index < -0.39 is 8.38 Å². The van der Waals surface area contributed by atoms with Crippen LogP contribution < -0.4 is 15.1 Å². The molecule has 2 N–H and O–H groups in total. The summed E-state index contributed by atoms with van der Waals surface area (Å²) in [5.74, 6) is 0. The number of para-hydroxylation sites is 3. The lowest BCUT2D eigenvalue weighted by Gasteiger charge is -2.32. The molecule has 0 spiro atoms. The summed E-state index contributed by atoms with van der Waals surface area (Å²) < 4.78 is 0. The maximum atomic E-state index is 9.84. The third kappa shape index (κ3) is 5.03. The summed E-state index contributed by atoms with van der Waals surface area (Å²) >= 11 is 0. The van der Waals surface area contributed by atoms with E-state index in [0.717, 1.165) is 55.7 Å². The fourth-order valence-electron chi connectivity index (χ4n) is 5.84. The standard InChI is InChI=1S/C38H29N2O2P/c41-43(42)32-26-24-31(25-27-32)40(30-18-8-3-9-19-30)38-35-22-12-10-20-33(35)37(34-21-11-13-23-36(34)38)39(28-14-4-1-5-15-28)29-16-6-2-7-17-29/h1-27,41-42H. The van der Waals surface area contributed by atoms with Crippen molar-refractivity contribution in [1.29, 1.82) is 0 Å². The Kier molecular flexibility index (Phi) is 7.32. The molecule has 5 heteroatoms. The van der Waals surface area contributed by atoms with Gasteiger partial charge in [0, 0.05) is 49.6 Å². The monoisotopic (exact) mass is 576 g/mol. The topological polar surface area (TPSA) is 46.9 Å². The normalized spacial score (nSPS) is 11.2. The second kappa shape index (κ2) is 11.7. The van der Waals surface area contributed by atoms with Gasteiger partial charge in [0.25, 0.3) is 0 Å². The van der Waals surface area contributed by atoms with Crippen LogP contribution in [0, 0.1) is 0 Å². The molecule has 4 nitrogen and oxygen atoms in total. The molecular formula is C38H29N2O2P. The van der Waals surface area contributed by atoms with E-state index in [1.54, 1.807) is 12.1 Å². The van der Waals surface area contributed by atoms with Gasteiger partial charge in [-0.25, -0.2) is 0 Å². The van der Waals surface area contributed by atoms with Gasteiger partial charge >= 0.3 is 0 Å². The molecule has 0 aliphatic heterocycles. The van der Waals surface area contributed by atoms with Crippen LogP contribution in [-0.4, -0.2) is 9.79 Å². The Balaban J connectivity index is 1.58. The molecule has 7 rings (SSSR count). The van der Waals surface area contributed by atoms with Crippen LogP contribution in [0.15, 0.2) is 164 Å². The predicted molar refractivity (Wildman–Crippen MR) is 182 cm³/mol. The summed E-state index contributed by atoms with van der Waals surface area (Å²) in [6.45, 7) is 0. The molecular weight excluding hydrogens is 547 g/mol. The van der Waals surface area contributed by atoms with Crippen LogP contribution in [0.1, 0.15) is 0 Å². The predicted octanol–water partition coefficient (Wildman–Crippen LogP) is 9.85. The molecule has 0 fully saturated rings. The Morgan fingerprint density at radius 2 is 0.605 bits per heavy atom. The molecule has 0 aromatic heterocycles. The number of nitrogens with zero attached hydrogens (tertiary/aromatic N) is 2.